The van der Waals surface area contributed by atoms with Crippen molar-refractivity contribution in [2.75, 3.05) is 26.2 Å². The molecule has 0 spiro atoms. The number of pyridine rings is 2. The summed E-state index contributed by atoms with van der Waals surface area (Å²) in [7, 11) is 0. The number of aryl methyl sites for hydroxylation is 1. The van der Waals surface area contributed by atoms with Gasteiger partial charge in [0.1, 0.15) is 12.4 Å². The van der Waals surface area contributed by atoms with E-state index in [9.17, 15) is 19.5 Å². The number of cyclic esters (lactones) is 1. The van der Waals surface area contributed by atoms with E-state index < -0.39 is 11.6 Å². The molecule has 1 N–H and O–H groups in total. The second-order valence-electron chi connectivity index (χ2n) is 12.1. The van der Waals surface area contributed by atoms with E-state index in [1.54, 1.807) is 21.6 Å². The monoisotopic (exact) mass is 572 g/mol. The van der Waals surface area contributed by atoms with Crippen LogP contribution in [0, 0.1) is 0 Å². The van der Waals surface area contributed by atoms with Gasteiger partial charge in [0.05, 0.1) is 29.0 Å². The molecule has 42 heavy (non-hydrogen) atoms. The Morgan fingerprint density at radius 1 is 1.10 bits per heavy atom. The van der Waals surface area contributed by atoms with Gasteiger partial charge in [-0.25, -0.2) is 14.6 Å². The molecule has 1 amide bonds. The Morgan fingerprint density at radius 3 is 2.60 bits per heavy atom. The summed E-state index contributed by atoms with van der Waals surface area (Å²) >= 11 is 0. The number of nitrogens with zero attached hydrogens (tertiary/aromatic N) is 4. The van der Waals surface area contributed by atoms with Crippen LogP contribution in [0.2, 0.25) is 0 Å². The molecule has 1 unspecified atom stereocenters. The summed E-state index contributed by atoms with van der Waals surface area (Å²) < 4.78 is 12.6. The van der Waals surface area contributed by atoms with Crippen LogP contribution in [-0.2, 0) is 34.7 Å². The van der Waals surface area contributed by atoms with Gasteiger partial charge >= 0.3 is 12.1 Å². The van der Waals surface area contributed by atoms with Crippen molar-refractivity contribution in [1.29, 1.82) is 0 Å². The number of piperidine rings is 2. The zero-order valence-corrected chi connectivity index (χ0v) is 24.1. The number of benzene rings is 1. The fourth-order valence-electron chi connectivity index (χ4n) is 7.22. The summed E-state index contributed by atoms with van der Waals surface area (Å²) in [5.74, 6) is -0.302. The molecule has 1 atom stereocenters. The summed E-state index contributed by atoms with van der Waals surface area (Å²) in [6, 6.07) is 7.72. The quantitative estimate of drug-likeness (QED) is 0.370. The third-order valence-electron chi connectivity index (χ3n) is 9.59. The first kappa shape index (κ1) is 27.1. The van der Waals surface area contributed by atoms with Crippen molar-refractivity contribution in [1.82, 2.24) is 19.4 Å². The minimum absolute atomic E-state index is 0.166. The van der Waals surface area contributed by atoms with Gasteiger partial charge in [0.15, 0.2) is 5.60 Å². The second-order valence-corrected chi connectivity index (χ2v) is 12.1. The summed E-state index contributed by atoms with van der Waals surface area (Å²) in [5, 5.41) is 11.7. The lowest BCUT2D eigenvalue weighted by atomic mass is 9.89. The maximum absolute atomic E-state index is 13.5. The molecule has 4 aliphatic heterocycles. The molecule has 1 aromatic carbocycles. The standard InChI is InChI=1S/C32H36N4O6/c1-3-21-22-15-20(42-31(39)35-13-9-19(10-14-35)34-11-5-4-6-12-34)7-8-26(22)33-28-23(21)17-36-27(28)16-25-24(29(36)37)18-41-30(38)32(25,2)40/h7-8,15-16,19,40H,3-6,9-14,17-18H2,1-2H3. The predicted molar refractivity (Wildman–Crippen MR) is 155 cm³/mol. The Hall–Kier alpha value is -3.76. The number of hydrogen-bond donors (Lipinski definition) is 1. The second kappa shape index (κ2) is 10.2. The van der Waals surface area contributed by atoms with Crippen LogP contribution in [0.25, 0.3) is 22.3 Å². The smallest absolute Gasteiger partial charge is 0.415 e. The third kappa shape index (κ3) is 4.31. The number of aliphatic hydroxyl groups is 1. The highest BCUT2D eigenvalue weighted by atomic mass is 16.6. The number of carbonyl (C=O) groups excluding carboxylic acids is 2. The van der Waals surface area contributed by atoms with Crippen molar-refractivity contribution in [3.63, 3.8) is 0 Å². The minimum atomic E-state index is -1.91. The molecule has 3 aromatic rings. The fraction of sp³-hybridized carbons (Fsp3) is 0.500. The third-order valence-corrected chi connectivity index (χ3v) is 9.59. The topological polar surface area (TPSA) is 114 Å². The van der Waals surface area contributed by atoms with E-state index in [1.807, 2.05) is 19.1 Å². The van der Waals surface area contributed by atoms with Crippen LogP contribution in [0.1, 0.15) is 68.2 Å². The van der Waals surface area contributed by atoms with Crippen LogP contribution in [0.3, 0.4) is 0 Å². The molecule has 0 radical (unpaired) electrons. The zero-order valence-electron chi connectivity index (χ0n) is 24.1. The highest BCUT2D eigenvalue weighted by molar-refractivity contribution is 5.90. The molecule has 2 aromatic heterocycles. The van der Waals surface area contributed by atoms with Gasteiger partial charge in [-0.05, 0) is 81.9 Å². The number of aromatic nitrogens is 2. The summed E-state index contributed by atoms with van der Waals surface area (Å²) in [4.78, 5) is 48.1. The number of esters is 1. The molecule has 4 aliphatic rings. The van der Waals surface area contributed by atoms with E-state index in [2.05, 4.69) is 4.90 Å². The zero-order chi connectivity index (χ0) is 29.2. The first-order chi connectivity index (χ1) is 20.3. The van der Waals surface area contributed by atoms with Gasteiger partial charge in [-0.2, -0.15) is 0 Å². The lowest BCUT2D eigenvalue weighted by molar-refractivity contribution is -0.169. The predicted octanol–water partition coefficient (Wildman–Crippen LogP) is 3.70. The van der Waals surface area contributed by atoms with E-state index in [1.165, 1.54) is 39.3 Å². The first-order valence-electron chi connectivity index (χ1n) is 15.1. The SMILES string of the molecule is CCc1c2c(nc3ccc(OC(=O)N4CCC(N5CCCCC5)CC4)cc13)-c1cc3c(c(=O)n1C2)COC(=O)C3(C)O. The normalized spacial score (nSPS) is 22.5. The van der Waals surface area contributed by atoms with Crippen LogP contribution < -0.4 is 10.3 Å². The van der Waals surface area contributed by atoms with Gasteiger partial charge in [-0.1, -0.05) is 13.3 Å². The molecule has 10 nitrogen and oxygen atoms in total. The van der Waals surface area contributed by atoms with Gasteiger partial charge in [-0.3, -0.25) is 4.79 Å². The Bertz CT molecular complexity index is 1660. The fourth-order valence-corrected chi connectivity index (χ4v) is 7.22. The van der Waals surface area contributed by atoms with E-state index in [-0.39, 0.29) is 29.4 Å². The van der Waals surface area contributed by atoms with Crippen molar-refractivity contribution in [2.24, 2.45) is 0 Å². The number of fused-ring (bicyclic) bond motifs is 5. The van der Waals surface area contributed by atoms with Crippen molar-refractivity contribution in [3.05, 3.63) is 56.9 Å². The van der Waals surface area contributed by atoms with E-state index >= 15 is 0 Å². The van der Waals surface area contributed by atoms with Crippen molar-refractivity contribution in [3.8, 4) is 17.1 Å². The first-order valence-corrected chi connectivity index (χ1v) is 15.1. The van der Waals surface area contributed by atoms with E-state index in [0.29, 0.717) is 49.2 Å². The van der Waals surface area contributed by atoms with Gasteiger partial charge in [-0.15, -0.1) is 0 Å². The van der Waals surface area contributed by atoms with Crippen LogP contribution in [0.5, 0.6) is 5.75 Å². The number of rotatable bonds is 3. The number of ether oxygens (including phenoxy) is 2. The molecule has 6 heterocycles. The van der Waals surface area contributed by atoms with Gasteiger partial charge in [0.2, 0.25) is 0 Å². The minimum Gasteiger partial charge on any atom is -0.458 e. The summed E-state index contributed by atoms with van der Waals surface area (Å²) in [6.45, 7) is 7.29. The molecule has 0 saturated carbocycles. The van der Waals surface area contributed by atoms with Crippen molar-refractivity contribution in [2.45, 2.75) is 77.2 Å². The van der Waals surface area contributed by atoms with Crippen LogP contribution in [-0.4, -0.2) is 68.7 Å². The molecule has 10 heteroatoms. The lowest BCUT2D eigenvalue weighted by Crippen LogP contribution is -2.48. The Morgan fingerprint density at radius 2 is 1.86 bits per heavy atom. The van der Waals surface area contributed by atoms with Crippen molar-refractivity contribution >= 4 is 23.0 Å². The summed E-state index contributed by atoms with van der Waals surface area (Å²) in [6.07, 6.45) is 6.16. The van der Waals surface area contributed by atoms with Crippen molar-refractivity contribution < 1.29 is 24.2 Å². The Balaban J connectivity index is 1.16. The molecule has 0 bridgehead atoms. The van der Waals surface area contributed by atoms with Gasteiger partial charge < -0.3 is 28.9 Å². The van der Waals surface area contributed by atoms with Crippen LogP contribution in [0.15, 0.2) is 29.1 Å². The summed E-state index contributed by atoms with van der Waals surface area (Å²) in [5.41, 5.74) is 2.25. The number of carbonyl (C=O) groups is 2. The largest absolute Gasteiger partial charge is 0.458 e. The average Bonchev–Trinajstić information content (AvgIpc) is 3.37. The molecular formula is C32H36N4O6. The van der Waals surface area contributed by atoms with Gasteiger partial charge in [0, 0.05) is 35.6 Å². The molecule has 220 valence electrons. The highest BCUT2D eigenvalue weighted by Gasteiger charge is 2.43. The molecule has 7 rings (SSSR count). The van der Waals surface area contributed by atoms with Crippen LogP contribution >= 0.6 is 0 Å². The maximum Gasteiger partial charge on any atom is 0.415 e. The molecule has 2 saturated heterocycles. The van der Waals surface area contributed by atoms with E-state index in [4.69, 9.17) is 14.5 Å². The number of likely N-dealkylation sites (tertiary alicyclic amines) is 2. The number of hydrogen-bond acceptors (Lipinski definition) is 8. The number of amides is 1. The molecule has 2 fully saturated rings. The van der Waals surface area contributed by atoms with Crippen LogP contribution in [0.4, 0.5) is 4.79 Å². The lowest BCUT2D eigenvalue weighted by Gasteiger charge is -2.39. The average molecular weight is 573 g/mol. The highest BCUT2D eigenvalue weighted by Crippen LogP contribution is 2.40. The molecular weight excluding hydrogens is 536 g/mol. The Labute approximate surface area is 243 Å². The Kier molecular flexibility index (Phi) is 6.58. The van der Waals surface area contributed by atoms with Gasteiger partial charge in [0.25, 0.3) is 5.56 Å². The molecule has 0 aliphatic carbocycles. The maximum atomic E-state index is 13.5. The van der Waals surface area contributed by atoms with E-state index in [0.717, 1.165) is 34.9 Å².